The van der Waals surface area contributed by atoms with E-state index in [-0.39, 0.29) is 6.10 Å². The van der Waals surface area contributed by atoms with E-state index in [4.69, 9.17) is 0 Å². The number of sulfonamides is 1. The average Bonchev–Trinajstić information content (AvgIpc) is 2.01. The first-order valence-corrected chi connectivity index (χ1v) is 6.55. The molecule has 0 aliphatic carbocycles. The fourth-order valence-electron chi connectivity index (χ4n) is 1.00. The Bertz CT molecular complexity index is 241. The second-order valence-electron chi connectivity index (χ2n) is 3.49. The molecule has 0 saturated carbocycles. The Labute approximate surface area is 86.2 Å². The zero-order valence-corrected chi connectivity index (χ0v) is 9.84. The highest BCUT2D eigenvalue weighted by molar-refractivity contribution is 7.88. The van der Waals surface area contributed by atoms with Crippen LogP contribution in [0.15, 0.2) is 0 Å². The molecule has 0 radical (unpaired) electrons. The fourth-order valence-corrected chi connectivity index (χ4v) is 1.46. The van der Waals surface area contributed by atoms with Crippen LogP contribution in [0.5, 0.6) is 0 Å². The summed E-state index contributed by atoms with van der Waals surface area (Å²) in [5, 5.41) is 9.31. The first kappa shape index (κ1) is 13.8. The lowest BCUT2D eigenvalue weighted by molar-refractivity contribution is 0.123. The van der Waals surface area contributed by atoms with E-state index in [0.717, 1.165) is 6.26 Å². The first-order valence-electron chi connectivity index (χ1n) is 4.66. The minimum absolute atomic E-state index is 0.335. The Kier molecular flexibility index (Phi) is 6.26. The SMILES string of the molecule is CC[C@H](O)CN(C)CCNS(C)(=O)=O. The summed E-state index contributed by atoms with van der Waals surface area (Å²) in [6, 6.07) is 0. The molecule has 0 bridgehead atoms. The summed E-state index contributed by atoms with van der Waals surface area (Å²) in [6.45, 7) is 3.46. The summed E-state index contributed by atoms with van der Waals surface area (Å²) < 4.78 is 23.8. The number of nitrogens with zero attached hydrogens (tertiary/aromatic N) is 1. The first-order chi connectivity index (χ1) is 6.35. The maximum Gasteiger partial charge on any atom is 0.208 e. The van der Waals surface area contributed by atoms with Gasteiger partial charge in [0, 0.05) is 19.6 Å². The molecule has 0 rings (SSSR count). The molecule has 0 aromatic carbocycles. The maximum atomic E-state index is 10.7. The zero-order valence-electron chi connectivity index (χ0n) is 9.02. The molecular weight excluding hydrogens is 204 g/mol. The summed E-state index contributed by atoms with van der Waals surface area (Å²) in [5.41, 5.74) is 0. The highest BCUT2D eigenvalue weighted by atomic mass is 32.2. The largest absolute Gasteiger partial charge is 0.392 e. The van der Waals surface area contributed by atoms with Gasteiger partial charge in [-0.1, -0.05) is 6.92 Å². The Hall–Kier alpha value is -0.170. The van der Waals surface area contributed by atoms with Crippen LogP contribution in [-0.2, 0) is 10.0 Å². The molecule has 0 unspecified atom stereocenters. The number of aliphatic hydroxyl groups excluding tert-OH is 1. The summed E-state index contributed by atoms with van der Waals surface area (Å²) >= 11 is 0. The van der Waals surface area contributed by atoms with Gasteiger partial charge in [-0.15, -0.1) is 0 Å². The summed E-state index contributed by atoms with van der Waals surface area (Å²) in [7, 11) is -1.24. The number of nitrogens with one attached hydrogen (secondary N) is 1. The Balaban J connectivity index is 3.59. The summed E-state index contributed by atoms with van der Waals surface area (Å²) in [6.07, 6.45) is 1.51. The van der Waals surface area contributed by atoms with Crippen LogP contribution in [0, 0.1) is 0 Å². The number of aliphatic hydroxyl groups is 1. The monoisotopic (exact) mass is 224 g/mol. The van der Waals surface area contributed by atoms with E-state index in [0.29, 0.717) is 26.1 Å². The number of hydrogen-bond donors (Lipinski definition) is 2. The Morgan fingerprint density at radius 2 is 2.07 bits per heavy atom. The van der Waals surface area contributed by atoms with Gasteiger partial charge in [0.2, 0.25) is 10.0 Å². The number of rotatable bonds is 7. The lowest BCUT2D eigenvalue weighted by atomic mass is 10.2. The average molecular weight is 224 g/mol. The van der Waals surface area contributed by atoms with Crippen LogP contribution >= 0.6 is 0 Å². The molecule has 5 nitrogen and oxygen atoms in total. The molecular formula is C8H20N2O3S. The summed E-state index contributed by atoms with van der Waals surface area (Å²) in [5.74, 6) is 0. The third kappa shape index (κ3) is 8.43. The predicted molar refractivity (Wildman–Crippen MR) is 56.6 cm³/mol. The number of hydrogen-bond acceptors (Lipinski definition) is 4. The second-order valence-corrected chi connectivity index (χ2v) is 5.32. The maximum absolute atomic E-state index is 10.7. The van der Waals surface area contributed by atoms with Crippen LogP contribution in [-0.4, -0.2) is 57.5 Å². The van der Waals surface area contributed by atoms with Crippen LogP contribution in [0.2, 0.25) is 0 Å². The van der Waals surface area contributed by atoms with Crippen LogP contribution in [0.3, 0.4) is 0 Å². The van der Waals surface area contributed by atoms with Gasteiger partial charge in [0.15, 0.2) is 0 Å². The minimum Gasteiger partial charge on any atom is -0.392 e. The molecule has 0 spiro atoms. The quantitative estimate of drug-likeness (QED) is 0.596. The van der Waals surface area contributed by atoms with E-state index in [9.17, 15) is 13.5 Å². The van der Waals surface area contributed by atoms with E-state index >= 15 is 0 Å². The molecule has 14 heavy (non-hydrogen) atoms. The van der Waals surface area contributed by atoms with Crippen LogP contribution in [0.4, 0.5) is 0 Å². The van der Waals surface area contributed by atoms with Crippen molar-refractivity contribution in [2.45, 2.75) is 19.4 Å². The molecule has 0 aliphatic rings. The predicted octanol–water partition coefficient (Wildman–Crippen LogP) is -0.762. The van der Waals surface area contributed by atoms with Gasteiger partial charge in [-0.05, 0) is 13.5 Å². The van der Waals surface area contributed by atoms with Gasteiger partial charge in [0.1, 0.15) is 0 Å². The number of likely N-dealkylation sites (N-methyl/N-ethyl adjacent to an activating group) is 1. The molecule has 0 heterocycles. The van der Waals surface area contributed by atoms with Crippen molar-refractivity contribution >= 4 is 10.0 Å². The van der Waals surface area contributed by atoms with Gasteiger partial charge in [0.05, 0.1) is 12.4 Å². The molecule has 0 saturated heterocycles. The Morgan fingerprint density at radius 1 is 1.50 bits per heavy atom. The van der Waals surface area contributed by atoms with Gasteiger partial charge in [-0.3, -0.25) is 0 Å². The van der Waals surface area contributed by atoms with Crippen LogP contribution in [0.25, 0.3) is 0 Å². The van der Waals surface area contributed by atoms with Crippen molar-refractivity contribution in [1.29, 1.82) is 0 Å². The van der Waals surface area contributed by atoms with Crippen molar-refractivity contribution in [2.24, 2.45) is 0 Å². The molecule has 86 valence electrons. The van der Waals surface area contributed by atoms with E-state index in [1.807, 2.05) is 18.9 Å². The molecule has 2 N–H and O–H groups in total. The molecule has 0 fully saturated rings. The zero-order chi connectivity index (χ0) is 11.2. The van der Waals surface area contributed by atoms with Gasteiger partial charge in [-0.2, -0.15) is 0 Å². The lowest BCUT2D eigenvalue weighted by Crippen LogP contribution is -2.36. The van der Waals surface area contributed by atoms with Crippen molar-refractivity contribution in [3.63, 3.8) is 0 Å². The topological polar surface area (TPSA) is 69.6 Å². The smallest absolute Gasteiger partial charge is 0.208 e. The molecule has 0 aliphatic heterocycles. The lowest BCUT2D eigenvalue weighted by Gasteiger charge is -2.19. The standard InChI is InChI=1S/C8H20N2O3S/c1-4-8(11)7-10(2)6-5-9-14(3,12)13/h8-9,11H,4-7H2,1-3H3/t8-/m0/s1. The van der Waals surface area contributed by atoms with Crippen molar-refractivity contribution in [2.75, 3.05) is 32.9 Å². The van der Waals surface area contributed by atoms with Gasteiger partial charge in [-0.25, -0.2) is 13.1 Å². The third-order valence-electron chi connectivity index (χ3n) is 1.85. The molecule has 0 amide bonds. The van der Waals surface area contributed by atoms with E-state index in [1.165, 1.54) is 0 Å². The molecule has 0 aromatic heterocycles. The van der Waals surface area contributed by atoms with Gasteiger partial charge < -0.3 is 10.0 Å². The Morgan fingerprint density at radius 3 is 2.50 bits per heavy atom. The normalized spacial score (nSPS) is 14.6. The molecule has 6 heteroatoms. The molecule has 1 atom stereocenters. The van der Waals surface area contributed by atoms with Crippen molar-refractivity contribution in [1.82, 2.24) is 9.62 Å². The van der Waals surface area contributed by atoms with E-state index in [1.54, 1.807) is 0 Å². The van der Waals surface area contributed by atoms with Crippen molar-refractivity contribution in [3.05, 3.63) is 0 Å². The third-order valence-corrected chi connectivity index (χ3v) is 2.58. The summed E-state index contributed by atoms with van der Waals surface area (Å²) in [4.78, 5) is 1.90. The van der Waals surface area contributed by atoms with Gasteiger partial charge in [0.25, 0.3) is 0 Å². The van der Waals surface area contributed by atoms with E-state index in [2.05, 4.69) is 4.72 Å². The van der Waals surface area contributed by atoms with E-state index < -0.39 is 10.0 Å². The van der Waals surface area contributed by atoms with Crippen LogP contribution in [0.1, 0.15) is 13.3 Å². The highest BCUT2D eigenvalue weighted by Crippen LogP contribution is 1.92. The highest BCUT2D eigenvalue weighted by Gasteiger charge is 2.06. The molecule has 0 aromatic rings. The fraction of sp³-hybridized carbons (Fsp3) is 1.00. The minimum atomic E-state index is -3.09. The van der Waals surface area contributed by atoms with Gasteiger partial charge >= 0.3 is 0 Å². The van der Waals surface area contributed by atoms with Crippen molar-refractivity contribution < 1.29 is 13.5 Å². The van der Waals surface area contributed by atoms with Crippen LogP contribution < -0.4 is 4.72 Å². The van der Waals surface area contributed by atoms with Crippen molar-refractivity contribution in [3.8, 4) is 0 Å². The second kappa shape index (κ2) is 6.34.